The van der Waals surface area contributed by atoms with Gasteiger partial charge in [0.15, 0.2) is 5.82 Å². The molecule has 0 unspecified atom stereocenters. The lowest BCUT2D eigenvalue weighted by molar-refractivity contribution is -0.138. The smallest absolute Gasteiger partial charge is 0.407 e. The van der Waals surface area contributed by atoms with Crippen molar-refractivity contribution in [1.29, 1.82) is 0 Å². The molecule has 2 aromatic rings. The van der Waals surface area contributed by atoms with E-state index in [1.54, 1.807) is 0 Å². The summed E-state index contributed by atoms with van der Waals surface area (Å²) in [6.45, 7) is 10.9. The van der Waals surface area contributed by atoms with E-state index < -0.39 is 17.6 Å². The Bertz CT molecular complexity index is 1020. The topological polar surface area (TPSA) is 108 Å². The van der Waals surface area contributed by atoms with Gasteiger partial charge in [0.1, 0.15) is 6.04 Å². The number of hydrogen-bond donors (Lipinski definition) is 2. The SMILES string of the molecule is CC(C)COC(=O)N[C@H](C(=O)N1C[C@@H]2C[C@H]1CN2C(=O)c1nc2ccccc2[nH]1)C(C)(C)C. The molecule has 2 aliphatic rings. The van der Waals surface area contributed by atoms with Crippen LogP contribution in [-0.4, -0.2) is 75.5 Å². The Morgan fingerprint density at radius 3 is 2.42 bits per heavy atom. The van der Waals surface area contributed by atoms with E-state index in [2.05, 4.69) is 15.3 Å². The number of rotatable bonds is 5. The largest absolute Gasteiger partial charge is 0.449 e. The molecule has 0 spiro atoms. The van der Waals surface area contributed by atoms with E-state index in [0.717, 1.165) is 17.5 Å². The van der Waals surface area contributed by atoms with Crippen molar-refractivity contribution in [3.63, 3.8) is 0 Å². The third-order valence-electron chi connectivity index (χ3n) is 6.30. The van der Waals surface area contributed by atoms with Crippen molar-refractivity contribution in [2.45, 2.75) is 59.2 Å². The van der Waals surface area contributed by atoms with Crippen molar-refractivity contribution in [3.8, 4) is 0 Å². The highest BCUT2D eigenvalue weighted by molar-refractivity contribution is 5.95. The molecule has 4 rings (SSSR count). The molecule has 1 aromatic carbocycles. The van der Waals surface area contributed by atoms with E-state index in [1.165, 1.54) is 0 Å². The number of nitrogens with zero attached hydrogens (tertiary/aromatic N) is 3. The zero-order chi connectivity index (χ0) is 23.9. The highest BCUT2D eigenvalue weighted by Gasteiger charge is 2.50. The maximum atomic E-state index is 13.5. The number of benzene rings is 1. The second kappa shape index (κ2) is 8.68. The number of aromatic nitrogens is 2. The number of amides is 3. The second-order valence-corrected chi connectivity index (χ2v) is 10.5. The molecule has 2 fully saturated rings. The maximum absolute atomic E-state index is 13.5. The number of carbonyl (C=O) groups excluding carboxylic acids is 3. The van der Waals surface area contributed by atoms with Crippen LogP contribution in [0.2, 0.25) is 0 Å². The van der Waals surface area contributed by atoms with Crippen molar-refractivity contribution in [1.82, 2.24) is 25.1 Å². The molecule has 2 N–H and O–H groups in total. The number of fused-ring (bicyclic) bond motifs is 3. The third-order valence-corrected chi connectivity index (χ3v) is 6.30. The molecule has 2 bridgehead atoms. The first-order valence-electron chi connectivity index (χ1n) is 11.5. The molecule has 3 heterocycles. The molecular formula is C24H33N5O4. The van der Waals surface area contributed by atoms with Gasteiger partial charge in [-0.15, -0.1) is 0 Å². The summed E-state index contributed by atoms with van der Waals surface area (Å²) in [7, 11) is 0. The molecule has 0 saturated carbocycles. The van der Waals surface area contributed by atoms with Crippen LogP contribution in [0.15, 0.2) is 24.3 Å². The van der Waals surface area contributed by atoms with Crippen LogP contribution in [0.1, 0.15) is 51.7 Å². The number of likely N-dealkylation sites (tertiary alicyclic amines) is 2. The zero-order valence-electron chi connectivity index (χ0n) is 19.9. The summed E-state index contributed by atoms with van der Waals surface area (Å²) in [5, 5.41) is 2.78. The van der Waals surface area contributed by atoms with Gasteiger partial charge in [0, 0.05) is 13.1 Å². The molecule has 178 valence electrons. The molecule has 0 radical (unpaired) electrons. The summed E-state index contributed by atoms with van der Waals surface area (Å²) in [5.41, 5.74) is 1.09. The van der Waals surface area contributed by atoms with Crippen LogP contribution in [-0.2, 0) is 9.53 Å². The van der Waals surface area contributed by atoms with Gasteiger partial charge in [-0.3, -0.25) is 9.59 Å². The average molecular weight is 456 g/mol. The van der Waals surface area contributed by atoms with Gasteiger partial charge >= 0.3 is 6.09 Å². The molecular weight excluding hydrogens is 422 g/mol. The van der Waals surface area contributed by atoms with Crippen LogP contribution < -0.4 is 5.32 Å². The van der Waals surface area contributed by atoms with E-state index >= 15 is 0 Å². The fourth-order valence-electron chi connectivity index (χ4n) is 4.59. The quantitative estimate of drug-likeness (QED) is 0.721. The second-order valence-electron chi connectivity index (χ2n) is 10.5. The van der Waals surface area contributed by atoms with Crippen molar-refractivity contribution in [3.05, 3.63) is 30.1 Å². The lowest BCUT2D eigenvalue weighted by Gasteiger charge is -2.39. The monoisotopic (exact) mass is 455 g/mol. The lowest BCUT2D eigenvalue weighted by Crippen LogP contribution is -2.59. The first kappa shape index (κ1) is 23.1. The Kier molecular flexibility index (Phi) is 6.07. The van der Waals surface area contributed by atoms with E-state index in [1.807, 2.05) is 68.7 Å². The van der Waals surface area contributed by atoms with Crippen molar-refractivity contribution in [2.75, 3.05) is 19.7 Å². The number of alkyl carbamates (subject to hydrolysis) is 1. The molecule has 3 atom stereocenters. The Labute approximate surface area is 193 Å². The standard InChI is InChI=1S/C24H33N5O4/c1-14(2)13-33-23(32)27-19(24(3,4)5)21(30)28-11-16-10-15(28)12-29(16)22(31)20-25-17-8-6-7-9-18(17)26-20/h6-9,14-16,19H,10-13H2,1-5H3,(H,25,26)(H,27,32)/t15-,16-,19+/m0/s1. The van der Waals surface area contributed by atoms with Crippen LogP contribution in [0.5, 0.6) is 0 Å². The first-order chi connectivity index (χ1) is 15.5. The van der Waals surface area contributed by atoms with Gasteiger partial charge in [0.2, 0.25) is 5.91 Å². The minimum atomic E-state index is -0.712. The minimum absolute atomic E-state index is 0.0619. The molecule has 2 saturated heterocycles. The van der Waals surface area contributed by atoms with Crippen LogP contribution in [0, 0.1) is 11.3 Å². The van der Waals surface area contributed by atoms with Crippen LogP contribution in [0.25, 0.3) is 11.0 Å². The molecule has 3 amide bonds. The van der Waals surface area contributed by atoms with Gasteiger partial charge < -0.3 is 24.8 Å². The normalized spacial score (nSPS) is 21.0. The number of imidazole rings is 1. The number of hydrogen-bond acceptors (Lipinski definition) is 5. The fourth-order valence-corrected chi connectivity index (χ4v) is 4.59. The highest BCUT2D eigenvalue weighted by atomic mass is 16.5. The number of ether oxygens (including phenoxy) is 1. The Balaban J connectivity index is 1.42. The van der Waals surface area contributed by atoms with E-state index in [9.17, 15) is 14.4 Å². The van der Waals surface area contributed by atoms with Crippen LogP contribution in [0.3, 0.4) is 0 Å². The number of carbonyl (C=O) groups is 3. The van der Waals surface area contributed by atoms with E-state index in [4.69, 9.17) is 4.74 Å². The van der Waals surface area contributed by atoms with Gasteiger partial charge in [0.05, 0.1) is 29.7 Å². The fraction of sp³-hybridized carbons (Fsp3) is 0.583. The molecule has 9 heteroatoms. The summed E-state index contributed by atoms with van der Waals surface area (Å²) in [5.74, 6) is 0.258. The van der Waals surface area contributed by atoms with E-state index in [-0.39, 0.29) is 29.8 Å². The summed E-state index contributed by atoms with van der Waals surface area (Å²) in [6.07, 6.45) is 0.148. The summed E-state index contributed by atoms with van der Waals surface area (Å²) < 4.78 is 5.24. The number of aromatic amines is 1. The van der Waals surface area contributed by atoms with Crippen LogP contribution >= 0.6 is 0 Å². The van der Waals surface area contributed by atoms with Gasteiger partial charge in [0.25, 0.3) is 5.91 Å². The summed E-state index contributed by atoms with van der Waals surface area (Å²) >= 11 is 0. The average Bonchev–Trinajstić information content (AvgIpc) is 3.47. The maximum Gasteiger partial charge on any atom is 0.407 e. The minimum Gasteiger partial charge on any atom is -0.449 e. The summed E-state index contributed by atoms with van der Waals surface area (Å²) in [4.78, 5) is 50.0. The molecule has 0 aliphatic carbocycles. The number of para-hydroxylation sites is 2. The van der Waals surface area contributed by atoms with Crippen LogP contribution in [0.4, 0.5) is 4.79 Å². The van der Waals surface area contributed by atoms with Crippen molar-refractivity contribution in [2.24, 2.45) is 11.3 Å². The van der Waals surface area contributed by atoms with Crippen molar-refractivity contribution < 1.29 is 19.1 Å². The Morgan fingerprint density at radius 2 is 1.82 bits per heavy atom. The number of nitrogens with one attached hydrogen (secondary N) is 2. The molecule has 9 nitrogen and oxygen atoms in total. The van der Waals surface area contributed by atoms with Crippen molar-refractivity contribution >= 4 is 28.9 Å². The van der Waals surface area contributed by atoms with Gasteiger partial charge in [-0.25, -0.2) is 9.78 Å². The summed E-state index contributed by atoms with van der Waals surface area (Å²) in [6, 6.07) is 6.69. The number of piperazine rings is 1. The Hall–Kier alpha value is -3.10. The van der Waals surface area contributed by atoms with Gasteiger partial charge in [-0.05, 0) is 29.9 Å². The first-order valence-corrected chi connectivity index (χ1v) is 11.5. The molecule has 1 aromatic heterocycles. The number of H-pyrrole nitrogens is 1. The Morgan fingerprint density at radius 1 is 1.15 bits per heavy atom. The van der Waals surface area contributed by atoms with Gasteiger partial charge in [-0.1, -0.05) is 46.8 Å². The molecule has 33 heavy (non-hydrogen) atoms. The lowest BCUT2D eigenvalue weighted by atomic mass is 9.85. The van der Waals surface area contributed by atoms with E-state index in [0.29, 0.717) is 25.5 Å². The predicted octanol–water partition coefficient (Wildman–Crippen LogP) is 2.79. The predicted molar refractivity (Wildman–Crippen MR) is 124 cm³/mol. The highest BCUT2D eigenvalue weighted by Crippen LogP contribution is 2.34. The van der Waals surface area contributed by atoms with Gasteiger partial charge in [-0.2, -0.15) is 0 Å². The third kappa shape index (κ3) is 4.67. The zero-order valence-corrected chi connectivity index (χ0v) is 19.9. The molecule has 2 aliphatic heterocycles.